The Hall–Kier alpha value is -2.70. The van der Waals surface area contributed by atoms with E-state index in [9.17, 15) is 9.59 Å². The van der Waals surface area contributed by atoms with Crippen molar-refractivity contribution in [3.05, 3.63) is 66.2 Å². The first kappa shape index (κ1) is 17.7. The molecule has 2 rings (SSSR count). The standard InChI is InChI=1S/C18H21N3O3/c1-14(21-24-13-15-8-4-2-5-9-15)18(23)19-12-17(22)20-16-10-6-3-7-11-16/h2-11,14,21H,12-13H2,1H3,(H,19,23)(H,20,22)/t14-/m0/s1. The summed E-state index contributed by atoms with van der Waals surface area (Å²) in [5, 5.41) is 5.25. The fraction of sp³-hybridized carbons (Fsp3) is 0.222. The number of rotatable bonds is 8. The maximum absolute atomic E-state index is 11.9. The number of amides is 2. The SMILES string of the molecule is C[C@H](NOCc1ccccc1)C(=O)NCC(=O)Nc1ccccc1. The molecule has 3 N–H and O–H groups in total. The zero-order chi connectivity index (χ0) is 17.2. The van der Waals surface area contributed by atoms with Crippen LogP contribution in [0.25, 0.3) is 0 Å². The Kier molecular flexibility index (Phi) is 6.94. The van der Waals surface area contributed by atoms with Crippen LogP contribution in [0.2, 0.25) is 0 Å². The Labute approximate surface area is 141 Å². The fourth-order valence-corrected chi connectivity index (χ4v) is 1.92. The van der Waals surface area contributed by atoms with Crippen molar-refractivity contribution in [3.8, 4) is 0 Å². The van der Waals surface area contributed by atoms with Crippen LogP contribution < -0.4 is 16.1 Å². The summed E-state index contributed by atoms with van der Waals surface area (Å²) in [5.74, 6) is -0.599. The topological polar surface area (TPSA) is 79.5 Å². The number of benzene rings is 2. The maximum Gasteiger partial charge on any atom is 0.243 e. The van der Waals surface area contributed by atoms with Crippen LogP contribution in [0.15, 0.2) is 60.7 Å². The van der Waals surface area contributed by atoms with Crippen LogP contribution in [-0.2, 0) is 21.0 Å². The second-order valence-electron chi connectivity index (χ2n) is 5.25. The lowest BCUT2D eigenvalue weighted by Gasteiger charge is -2.14. The van der Waals surface area contributed by atoms with Crippen molar-refractivity contribution in [2.75, 3.05) is 11.9 Å². The van der Waals surface area contributed by atoms with E-state index in [2.05, 4.69) is 16.1 Å². The fourth-order valence-electron chi connectivity index (χ4n) is 1.92. The molecule has 126 valence electrons. The number of nitrogens with one attached hydrogen (secondary N) is 3. The Balaban J connectivity index is 1.65. The van der Waals surface area contributed by atoms with E-state index in [1.54, 1.807) is 19.1 Å². The molecule has 0 heterocycles. The van der Waals surface area contributed by atoms with Gasteiger partial charge in [-0.2, -0.15) is 5.48 Å². The van der Waals surface area contributed by atoms with E-state index in [1.807, 2.05) is 48.5 Å². The van der Waals surface area contributed by atoms with Crippen molar-refractivity contribution in [2.45, 2.75) is 19.6 Å². The Morgan fingerprint density at radius 1 is 1.00 bits per heavy atom. The molecule has 0 aliphatic heterocycles. The molecule has 0 bridgehead atoms. The van der Waals surface area contributed by atoms with Crippen molar-refractivity contribution in [1.82, 2.24) is 10.8 Å². The van der Waals surface area contributed by atoms with Crippen molar-refractivity contribution in [2.24, 2.45) is 0 Å². The van der Waals surface area contributed by atoms with E-state index in [4.69, 9.17) is 4.84 Å². The van der Waals surface area contributed by atoms with Gasteiger partial charge >= 0.3 is 0 Å². The van der Waals surface area contributed by atoms with Crippen LogP contribution in [0.4, 0.5) is 5.69 Å². The van der Waals surface area contributed by atoms with Gasteiger partial charge in [-0.25, -0.2) is 0 Å². The molecule has 6 nitrogen and oxygen atoms in total. The third kappa shape index (κ3) is 6.20. The zero-order valence-electron chi connectivity index (χ0n) is 13.5. The third-order valence-corrected chi connectivity index (χ3v) is 3.22. The normalized spacial score (nSPS) is 11.5. The maximum atomic E-state index is 11.9. The van der Waals surface area contributed by atoms with Crippen molar-refractivity contribution < 1.29 is 14.4 Å². The summed E-state index contributed by atoms with van der Waals surface area (Å²) in [6.07, 6.45) is 0. The molecule has 0 saturated heterocycles. The van der Waals surface area contributed by atoms with Crippen molar-refractivity contribution in [1.29, 1.82) is 0 Å². The predicted octanol–water partition coefficient (Wildman–Crippen LogP) is 1.85. The summed E-state index contributed by atoms with van der Waals surface area (Å²) in [7, 11) is 0. The first-order chi connectivity index (χ1) is 11.6. The third-order valence-electron chi connectivity index (χ3n) is 3.22. The van der Waals surface area contributed by atoms with Crippen LogP contribution in [-0.4, -0.2) is 24.4 Å². The van der Waals surface area contributed by atoms with Gasteiger partial charge in [0.05, 0.1) is 13.2 Å². The van der Waals surface area contributed by atoms with Gasteiger partial charge in [-0.3, -0.25) is 14.4 Å². The number of hydrogen-bond donors (Lipinski definition) is 3. The lowest BCUT2D eigenvalue weighted by atomic mass is 10.2. The van der Waals surface area contributed by atoms with Crippen LogP contribution in [0.5, 0.6) is 0 Å². The molecular weight excluding hydrogens is 306 g/mol. The smallest absolute Gasteiger partial charge is 0.243 e. The molecule has 0 aromatic heterocycles. The molecule has 24 heavy (non-hydrogen) atoms. The summed E-state index contributed by atoms with van der Waals surface area (Å²) in [6.45, 7) is 1.92. The van der Waals surface area contributed by atoms with Crippen LogP contribution in [0, 0.1) is 0 Å². The van der Waals surface area contributed by atoms with Gasteiger partial charge in [0.1, 0.15) is 6.04 Å². The van der Waals surface area contributed by atoms with E-state index in [1.165, 1.54) is 0 Å². The molecule has 0 radical (unpaired) electrons. The zero-order valence-corrected chi connectivity index (χ0v) is 13.5. The molecule has 0 aliphatic carbocycles. The number of hydroxylamine groups is 1. The summed E-state index contributed by atoms with van der Waals surface area (Å²) >= 11 is 0. The van der Waals surface area contributed by atoms with Gasteiger partial charge in [-0.05, 0) is 24.6 Å². The summed E-state index contributed by atoms with van der Waals surface area (Å²) in [5.41, 5.74) is 4.35. The largest absolute Gasteiger partial charge is 0.346 e. The minimum absolute atomic E-state index is 0.0988. The molecule has 1 atom stereocenters. The monoisotopic (exact) mass is 327 g/mol. The van der Waals surface area contributed by atoms with E-state index >= 15 is 0 Å². The predicted molar refractivity (Wildman–Crippen MR) is 91.9 cm³/mol. The Morgan fingerprint density at radius 3 is 2.29 bits per heavy atom. The highest BCUT2D eigenvalue weighted by atomic mass is 16.6. The van der Waals surface area contributed by atoms with Crippen molar-refractivity contribution >= 4 is 17.5 Å². The van der Waals surface area contributed by atoms with Gasteiger partial charge in [0, 0.05) is 5.69 Å². The molecule has 6 heteroatoms. The van der Waals surface area contributed by atoms with Gasteiger partial charge in [0.2, 0.25) is 11.8 Å². The molecule has 2 amide bonds. The van der Waals surface area contributed by atoms with E-state index in [-0.39, 0.29) is 18.4 Å². The highest BCUT2D eigenvalue weighted by Crippen LogP contribution is 2.04. The summed E-state index contributed by atoms with van der Waals surface area (Å²) in [6, 6.07) is 18.1. The lowest BCUT2D eigenvalue weighted by Crippen LogP contribution is -2.44. The molecule has 0 spiro atoms. The molecule has 0 saturated carbocycles. The average Bonchev–Trinajstić information content (AvgIpc) is 2.61. The number of carbonyl (C=O) groups is 2. The number of anilines is 1. The van der Waals surface area contributed by atoms with E-state index in [0.29, 0.717) is 12.3 Å². The first-order valence-electron chi connectivity index (χ1n) is 7.69. The van der Waals surface area contributed by atoms with Gasteiger partial charge < -0.3 is 10.6 Å². The molecule has 2 aromatic carbocycles. The first-order valence-corrected chi connectivity index (χ1v) is 7.69. The molecule has 0 aliphatic rings. The lowest BCUT2D eigenvalue weighted by molar-refractivity contribution is -0.129. The number of carbonyl (C=O) groups excluding carboxylic acids is 2. The van der Waals surface area contributed by atoms with Gasteiger partial charge in [0.25, 0.3) is 0 Å². The molecular formula is C18H21N3O3. The van der Waals surface area contributed by atoms with Gasteiger partial charge in [-0.15, -0.1) is 0 Å². The van der Waals surface area contributed by atoms with E-state index in [0.717, 1.165) is 5.56 Å². The van der Waals surface area contributed by atoms with Crippen LogP contribution in [0.1, 0.15) is 12.5 Å². The molecule has 0 fully saturated rings. The van der Waals surface area contributed by atoms with Crippen LogP contribution in [0.3, 0.4) is 0 Å². The Morgan fingerprint density at radius 2 is 1.62 bits per heavy atom. The van der Waals surface area contributed by atoms with E-state index < -0.39 is 6.04 Å². The quantitative estimate of drug-likeness (QED) is 0.647. The minimum atomic E-state index is -0.571. The highest BCUT2D eigenvalue weighted by molar-refractivity contribution is 5.95. The Bertz CT molecular complexity index is 647. The van der Waals surface area contributed by atoms with Crippen molar-refractivity contribution in [3.63, 3.8) is 0 Å². The number of hydrogen-bond acceptors (Lipinski definition) is 4. The van der Waals surface area contributed by atoms with Crippen LogP contribution >= 0.6 is 0 Å². The second-order valence-corrected chi connectivity index (χ2v) is 5.25. The van der Waals surface area contributed by atoms with Gasteiger partial charge in [0.15, 0.2) is 0 Å². The minimum Gasteiger partial charge on any atom is -0.346 e. The average molecular weight is 327 g/mol. The molecule has 2 aromatic rings. The summed E-state index contributed by atoms with van der Waals surface area (Å²) < 4.78 is 0. The second kappa shape index (κ2) is 9.44. The summed E-state index contributed by atoms with van der Waals surface area (Å²) in [4.78, 5) is 29.0. The van der Waals surface area contributed by atoms with Gasteiger partial charge in [-0.1, -0.05) is 48.5 Å². The number of para-hydroxylation sites is 1. The highest BCUT2D eigenvalue weighted by Gasteiger charge is 2.13. The molecule has 0 unspecified atom stereocenters.